The van der Waals surface area contributed by atoms with E-state index in [1.54, 1.807) is 0 Å². The van der Waals surface area contributed by atoms with Gasteiger partial charge in [0, 0.05) is 24.8 Å². The number of hydrogen-bond acceptors (Lipinski definition) is 3. The van der Waals surface area contributed by atoms with E-state index in [1.807, 2.05) is 0 Å². The molecule has 1 aromatic heterocycles. The molecule has 2 rings (SSSR count). The van der Waals surface area contributed by atoms with Gasteiger partial charge in [-0.1, -0.05) is 0 Å². The van der Waals surface area contributed by atoms with E-state index in [2.05, 4.69) is 22.4 Å². The maximum absolute atomic E-state index is 5.53. The van der Waals surface area contributed by atoms with Gasteiger partial charge in [-0.3, -0.25) is 5.10 Å². The summed E-state index contributed by atoms with van der Waals surface area (Å²) in [5.41, 5.74) is 9.48. The molecular formula is C10H18N4. The molecule has 1 heterocycles. The third-order valence-electron chi connectivity index (χ3n) is 2.86. The van der Waals surface area contributed by atoms with Crippen LogP contribution in [-0.4, -0.2) is 22.8 Å². The zero-order valence-electron chi connectivity index (χ0n) is 8.64. The molecule has 78 valence electrons. The molecule has 1 aliphatic rings. The van der Waals surface area contributed by atoms with Crippen LogP contribution >= 0.6 is 0 Å². The number of nitrogens with two attached hydrogens (primary N) is 1. The molecule has 0 amide bonds. The van der Waals surface area contributed by atoms with Crippen LogP contribution < -0.4 is 11.1 Å². The van der Waals surface area contributed by atoms with Crippen molar-refractivity contribution < 1.29 is 0 Å². The van der Waals surface area contributed by atoms with E-state index in [4.69, 9.17) is 5.73 Å². The molecule has 1 atom stereocenters. The minimum atomic E-state index is 0.365. The monoisotopic (exact) mass is 194 g/mol. The van der Waals surface area contributed by atoms with Crippen molar-refractivity contribution in [3.05, 3.63) is 17.0 Å². The number of nitrogens with zero attached hydrogens (tertiary/aromatic N) is 1. The highest BCUT2D eigenvalue weighted by molar-refractivity contribution is 5.29. The quantitative estimate of drug-likeness (QED) is 0.647. The van der Waals surface area contributed by atoms with Gasteiger partial charge in [-0.05, 0) is 31.7 Å². The Kier molecular flexibility index (Phi) is 2.84. The Morgan fingerprint density at radius 2 is 2.43 bits per heavy atom. The molecule has 0 spiro atoms. The summed E-state index contributed by atoms with van der Waals surface area (Å²) in [6.07, 6.45) is 3.61. The third kappa shape index (κ3) is 1.81. The molecule has 4 nitrogen and oxygen atoms in total. The van der Waals surface area contributed by atoms with Gasteiger partial charge in [-0.15, -0.1) is 0 Å². The zero-order chi connectivity index (χ0) is 9.97. The molecular weight excluding hydrogens is 176 g/mol. The van der Waals surface area contributed by atoms with Gasteiger partial charge >= 0.3 is 0 Å². The maximum atomic E-state index is 5.53. The Morgan fingerprint density at radius 1 is 1.57 bits per heavy atom. The Labute approximate surface area is 84.3 Å². The summed E-state index contributed by atoms with van der Waals surface area (Å²) in [4.78, 5) is 0. The highest BCUT2D eigenvalue weighted by atomic mass is 15.1. The number of fused-ring (bicyclic) bond motifs is 1. The molecule has 0 saturated heterocycles. The summed E-state index contributed by atoms with van der Waals surface area (Å²) in [5.74, 6) is 0. The first-order valence-corrected chi connectivity index (χ1v) is 5.29. The summed E-state index contributed by atoms with van der Waals surface area (Å²) < 4.78 is 0. The highest BCUT2D eigenvalue weighted by Gasteiger charge is 2.17. The standard InChI is InChI=1S/C10H18N4/c1-7(5-11)12-6-10-8-3-2-4-9(8)13-14-10/h7,12H,2-6,11H2,1H3,(H,13,14)/t7-/m0/s1. The lowest BCUT2D eigenvalue weighted by molar-refractivity contribution is 0.548. The molecule has 0 aromatic carbocycles. The Morgan fingerprint density at radius 3 is 3.21 bits per heavy atom. The number of aryl methyl sites for hydroxylation is 1. The number of aromatic amines is 1. The van der Waals surface area contributed by atoms with Crippen LogP contribution in [0, 0.1) is 0 Å². The third-order valence-corrected chi connectivity index (χ3v) is 2.86. The number of H-pyrrole nitrogens is 1. The summed E-state index contributed by atoms with van der Waals surface area (Å²) in [6.45, 7) is 3.60. The zero-order valence-corrected chi connectivity index (χ0v) is 8.64. The average Bonchev–Trinajstić information content (AvgIpc) is 2.76. The normalized spacial score (nSPS) is 17.0. The molecule has 0 saturated carbocycles. The summed E-state index contributed by atoms with van der Waals surface area (Å²) in [7, 11) is 0. The van der Waals surface area contributed by atoms with E-state index in [0.717, 1.165) is 13.0 Å². The fourth-order valence-corrected chi connectivity index (χ4v) is 1.89. The van der Waals surface area contributed by atoms with E-state index >= 15 is 0 Å². The minimum Gasteiger partial charge on any atom is -0.329 e. The van der Waals surface area contributed by atoms with Gasteiger partial charge in [0.15, 0.2) is 0 Å². The van der Waals surface area contributed by atoms with Gasteiger partial charge in [0.1, 0.15) is 0 Å². The first-order valence-electron chi connectivity index (χ1n) is 5.29. The van der Waals surface area contributed by atoms with Crippen molar-refractivity contribution in [2.75, 3.05) is 6.54 Å². The first kappa shape index (κ1) is 9.68. The number of rotatable bonds is 4. The second kappa shape index (κ2) is 4.11. The van der Waals surface area contributed by atoms with Gasteiger partial charge in [-0.25, -0.2) is 0 Å². The average molecular weight is 194 g/mol. The summed E-state index contributed by atoms with van der Waals surface area (Å²) in [5, 5.41) is 10.8. The van der Waals surface area contributed by atoms with Crippen molar-refractivity contribution in [3.8, 4) is 0 Å². The lowest BCUT2D eigenvalue weighted by Gasteiger charge is -2.09. The number of hydrogen-bond donors (Lipinski definition) is 3. The largest absolute Gasteiger partial charge is 0.329 e. The maximum Gasteiger partial charge on any atom is 0.0794 e. The van der Waals surface area contributed by atoms with Crippen molar-refractivity contribution in [1.29, 1.82) is 0 Å². The van der Waals surface area contributed by atoms with Crippen molar-refractivity contribution in [3.63, 3.8) is 0 Å². The molecule has 0 aliphatic heterocycles. The van der Waals surface area contributed by atoms with Crippen molar-refractivity contribution in [2.24, 2.45) is 5.73 Å². The SMILES string of the molecule is C[C@@H](CN)NCc1n[nH]c2c1CCC2. The van der Waals surface area contributed by atoms with Crippen LogP contribution in [0.3, 0.4) is 0 Å². The predicted molar refractivity (Wildman–Crippen MR) is 56.0 cm³/mol. The minimum absolute atomic E-state index is 0.365. The van der Waals surface area contributed by atoms with Gasteiger partial charge in [0.25, 0.3) is 0 Å². The Balaban J connectivity index is 1.96. The molecule has 4 N–H and O–H groups in total. The van der Waals surface area contributed by atoms with Crippen molar-refractivity contribution in [1.82, 2.24) is 15.5 Å². The molecule has 0 unspecified atom stereocenters. The van der Waals surface area contributed by atoms with Crippen LogP contribution in [-0.2, 0) is 19.4 Å². The van der Waals surface area contributed by atoms with Gasteiger partial charge in [0.2, 0.25) is 0 Å². The molecule has 1 aliphatic carbocycles. The summed E-state index contributed by atoms with van der Waals surface area (Å²) >= 11 is 0. The van der Waals surface area contributed by atoms with Crippen LogP contribution in [0.25, 0.3) is 0 Å². The molecule has 0 radical (unpaired) electrons. The van der Waals surface area contributed by atoms with E-state index < -0.39 is 0 Å². The molecule has 0 bridgehead atoms. The van der Waals surface area contributed by atoms with Crippen molar-refractivity contribution in [2.45, 2.75) is 38.8 Å². The lowest BCUT2D eigenvalue weighted by Crippen LogP contribution is -2.32. The lowest BCUT2D eigenvalue weighted by atomic mass is 10.2. The molecule has 14 heavy (non-hydrogen) atoms. The fourth-order valence-electron chi connectivity index (χ4n) is 1.89. The molecule has 4 heteroatoms. The molecule has 0 fully saturated rings. The smallest absolute Gasteiger partial charge is 0.0794 e. The van der Waals surface area contributed by atoms with Crippen LogP contribution in [0.5, 0.6) is 0 Å². The molecule has 1 aromatic rings. The van der Waals surface area contributed by atoms with Crippen molar-refractivity contribution >= 4 is 0 Å². The van der Waals surface area contributed by atoms with E-state index in [0.29, 0.717) is 12.6 Å². The second-order valence-electron chi connectivity index (χ2n) is 4.00. The Bertz CT molecular complexity index is 305. The number of aromatic nitrogens is 2. The van der Waals surface area contributed by atoms with Gasteiger partial charge < -0.3 is 11.1 Å². The van der Waals surface area contributed by atoms with E-state index in [-0.39, 0.29) is 0 Å². The first-order chi connectivity index (χ1) is 6.81. The predicted octanol–water partition coefficient (Wildman–Crippen LogP) is 0.335. The van der Waals surface area contributed by atoms with E-state index in [1.165, 1.54) is 29.8 Å². The van der Waals surface area contributed by atoms with Crippen LogP contribution in [0.4, 0.5) is 0 Å². The number of nitrogens with one attached hydrogen (secondary N) is 2. The second-order valence-corrected chi connectivity index (χ2v) is 4.00. The highest BCUT2D eigenvalue weighted by Crippen LogP contribution is 2.22. The van der Waals surface area contributed by atoms with Gasteiger partial charge in [0.05, 0.1) is 5.69 Å². The van der Waals surface area contributed by atoms with Crippen LogP contribution in [0.15, 0.2) is 0 Å². The van der Waals surface area contributed by atoms with Gasteiger partial charge in [-0.2, -0.15) is 5.10 Å². The van der Waals surface area contributed by atoms with Crippen LogP contribution in [0.1, 0.15) is 30.3 Å². The van der Waals surface area contributed by atoms with E-state index in [9.17, 15) is 0 Å². The summed E-state index contributed by atoms with van der Waals surface area (Å²) in [6, 6.07) is 0.365. The topological polar surface area (TPSA) is 66.7 Å². The fraction of sp³-hybridized carbons (Fsp3) is 0.700. The van der Waals surface area contributed by atoms with Crippen LogP contribution in [0.2, 0.25) is 0 Å². The Hall–Kier alpha value is -0.870.